The first-order chi connectivity index (χ1) is 19.6. The van der Waals surface area contributed by atoms with Gasteiger partial charge in [-0.05, 0) is 45.9 Å². The van der Waals surface area contributed by atoms with Crippen LogP contribution in [0.3, 0.4) is 0 Å². The van der Waals surface area contributed by atoms with E-state index in [1.54, 1.807) is 0 Å². The van der Waals surface area contributed by atoms with Crippen LogP contribution in [0.4, 0.5) is 0 Å². The maximum absolute atomic E-state index is 13.2. The molecule has 1 aliphatic rings. The molecular weight excluding hydrogens is 492 g/mol. The number of likely N-dealkylation sites (N-methyl/N-ethyl adjacent to an activating group) is 1. The monoisotopic (exact) mass is 565 g/mol. The lowest BCUT2D eigenvalue weighted by Crippen LogP contribution is -2.50. The molecule has 1 amide bonds. The summed E-state index contributed by atoms with van der Waals surface area (Å²) in [4.78, 5) is 22.9. The second-order valence-corrected chi connectivity index (χ2v) is 12.8. The van der Waals surface area contributed by atoms with Crippen molar-refractivity contribution in [2.24, 2.45) is 0 Å². The lowest BCUT2D eigenvalue weighted by Gasteiger charge is -2.34. The zero-order valence-electron chi connectivity index (χ0n) is 27.9. The highest BCUT2D eigenvalue weighted by Crippen LogP contribution is 2.12. The third kappa shape index (κ3) is 21.1. The fraction of sp³-hybridized carbons (Fsp3) is 0.971. The van der Waals surface area contributed by atoms with Crippen LogP contribution in [-0.4, -0.2) is 98.0 Å². The van der Waals surface area contributed by atoms with E-state index in [0.29, 0.717) is 12.5 Å². The molecule has 40 heavy (non-hydrogen) atoms. The molecule has 0 saturated carbocycles. The van der Waals surface area contributed by atoms with E-state index in [1.807, 2.05) is 0 Å². The average Bonchev–Trinajstić information content (AvgIpc) is 2.96. The van der Waals surface area contributed by atoms with E-state index in [4.69, 9.17) is 0 Å². The van der Waals surface area contributed by atoms with Crippen molar-refractivity contribution in [3.05, 3.63) is 0 Å². The maximum Gasteiger partial charge on any atom is 0.236 e. The van der Waals surface area contributed by atoms with Gasteiger partial charge in [-0.1, -0.05) is 130 Å². The molecule has 0 N–H and O–H groups in total. The van der Waals surface area contributed by atoms with Gasteiger partial charge >= 0.3 is 0 Å². The Kier molecular flexibility index (Phi) is 25.4. The van der Waals surface area contributed by atoms with Gasteiger partial charge in [-0.2, -0.15) is 0 Å². The van der Waals surface area contributed by atoms with Gasteiger partial charge in [0.05, 0.1) is 6.54 Å². The molecule has 0 bridgehead atoms. The highest BCUT2D eigenvalue weighted by Gasteiger charge is 2.21. The zero-order chi connectivity index (χ0) is 29.1. The molecular formula is C35H72N4O. The molecule has 5 heteroatoms. The van der Waals surface area contributed by atoms with Crippen molar-refractivity contribution in [2.75, 3.05) is 72.5 Å². The smallest absolute Gasteiger partial charge is 0.236 e. The Hall–Kier alpha value is -0.650. The van der Waals surface area contributed by atoms with E-state index >= 15 is 0 Å². The van der Waals surface area contributed by atoms with Crippen molar-refractivity contribution >= 4 is 5.91 Å². The average molecular weight is 565 g/mol. The molecule has 238 valence electrons. The number of carbonyl (C=O) groups is 1. The van der Waals surface area contributed by atoms with Crippen LogP contribution < -0.4 is 0 Å². The zero-order valence-corrected chi connectivity index (χ0v) is 27.9. The first-order valence-electron chi connectivity index (χ1n) is 18.0. The number of hydrogen-bond acceptors (Lipinski definition) is 4. The van der Waals surface area contributed by atoms with Gasteiger partial charge in [0.2, 0.25) is 5.91 Å². The standard InChI is InChI=1S/C35H72N4O/c1-5-8-11-14-17-20-23-26-37(25-22-19-16-13-10-7-3)30-31-38(27-24-21-18-15-12-9-6-2)34-35(40)39-32-28-36(4)29-33-39/h5-34H2,1-4H3. The summed E-state index contributed by atoms with van der Waals surface area (Å²) >= 11 is 0. The quantitative estimate of drug-likeness (QED) is 0.0896. The van der Waals surface area contributed by atoms with Gasteiger partial charge in [-0.15, -0.1) is 0 Å². The van der Waals surface area contributed by atoms with E-state index in [2.05, 4.69) is 47.4 Å². The van der Waals surface area contributed by atoms with Crippen LogP contribution >= 0.6 is 0 Å². The Labute approximate surface area is 251 Å². The van der Waals surface area contributed by atoms with Crippen molar-refractivity contribution in [2.45, 2.75) is 149 Å². The van der Waals surface area contributed by atoms with E-state index in [-0.39, 0.29) is 0 Å². The van der Waals surface area contributed by atoms with Gasteiger partial charge in [-0.25, -0.2) is 0 Å². The van der Waals surface area contributed by atoms with Gasteiger partial charge in [0, 0.05) is 39.3 Å². The first-order valence-corrected chi connectivity index (χ1v) is 18.0. The van der Waals surface area contributed by atoms with Crippen LogP contribution in [0.5, 0.6) is 0 Å². The summed E-state index contributed by atoms with van der Waals surface area (Å²) in [5, 5.41) is 0. The minimum absolute atomic E-state index is 0.352. The van der Waals surface area contributed by atoms with Crippen molar-refractivity contribution in [1.29, 1.82) is 0 Å². The molecule has 0 aliphatic carbocycles. The molecule has 1 saturated heterocycles. The normalized spacial score (nSPS) is 14.6. The number of amides is 1. The summed E-state index contributed by atoms with van der Waals surface area (Å²) in [6.07, 6.45) is 27.2. The van der Waals surface area contributed by atoms with Gasteiger partial charge in [0.15, 0.2) is 0 Å². The van der Waals surface area contributed by atoms with Gasteiger partial charge < -0.3 is 14.7 Å². The summed E-state index contributed by atoms with van der Waals surface area (Å²) in [6, 6.07) is 0. The van der Waals surface area contributed by atoms with E-state index in [9.17, 15) is 4.79 Å². The second-order valence-electron chi connectivity index (χ2n) is 12.8. The van der Waals surface area contributed by atoms with Crippen LogP contribution in [0.15, 0.2) is 0 Å². The maximum atomic E-state index is 13.2. The van der Waals surface area contributed by atoms with E-state index < -0.39 is 0 Å². The summed E-state index contributed by atoms with van der Waals surface area (Å²) in [5.41, 5.74) is 0. The highest BCUT2D eigenvalue weighted by molar-refractivity contribution is 5.78. The van der Waals surface area contributed by atoms with Crippen LogP contribution in [0.25, 0.3) is 0 Å². The molecule has 0 radical (unpaired) electrons. The molecule has 0 unspecified atom stereocenters. The molecule has 0 aromatic carbocycles. The van der Waals surface area contributed by atoms with Crippen LogP contribution in [0.1, 0.15) is 149 Å². The first kappa shape index (κ1) is 37.4. The van der Waals surface area contributed by atoms with Crippen molar-refractivity contribution in [3.63, 3.8) is 0 Å². The number of hydrogen-bond donors (Lipinski definition) is 0. The Bertz CT molecular complexity index is 550. The van der Waals surface area contributed by atoms with Crippen molar-refractivity contribution in [1.82, 2.24) is 19.6 Å². The molecule has 0 spiro atoms. The predicted octanol–water partition coefficient (Wildman–Crippen LogP) is 8.23. The lowest BCUT2D eigenvalue weighted by molar-refractivity contribution is -0.134. The fourth-order valence-electron chi connectivity index (χ4n) is 5.94. The number of unbranched alkanes of at least 4 members (excludes halogenated alkanes) is 17. The highest BCUT2D eigenvalue weighted by atomic mass is 16.2. The Morgan fingerprint density at radius 3 is 1.25 bits per heavy atom. The summed E-state index contributed by atoms with van der Waals surface area (Å²) in [6.45, 7) is 17.0. The number of nitrogens with zero attached hydrogens (tertiary/aromatic N) is 4. The Morgan fingerprint density at radius 2 is 0.825 bits per heavy atom. The largest absolute Gasteiger partial charge is 0.339 e. The Balaban J connectivity index is 2.57. The molecule has 1 heterocycles. The fourth-order valence-corrected chi connectivity index (χ4v) is 5.94. The van der Waals surface area contributed by atoms with Crippen LogP contribution in [0, 0.1) is 0 Å². The summed E-state index contributed by atoms with van der Waals surface area (Å²) in [7, 11) is 2.16. The third-order valence-corrected chi connectivity index (χ3v) is 8.93. The Morgan fingerprint density at radius 1 is 0.475 bits per heavy atom. The summed E-state index contributed by atoms with van der Waals surface area (Å²) in [5.74, 6) is 0.352. The number of carbonyl (C=O) groups excluding carboxylic acids is 1. The molecule has 0 atom stereocenters. The van der Waals surface area contributed by atoms with E-state index in [1.165, 1.54) is 142 Å². The van der Waals surface area contributed by atoms with E-state index in [0.717, 1.165) is 45.8 Å². The van der Waals surface area contributed by atoms with Crippen LogP contribution in [-0.2, 0) is 4.79 Å². The van der Waals surface area contributed by atoms with Crippen LogP contribution in [0.2, 0.25) is 0 Å². The predicted molar refractivity (Wildman–Crippen MR) is 176 cm³/mol. The molecule has 1 rings (SSSR count). The molecule has 1 aliphatic heterocycles. The van der Waals surface area contributed by atoms with Gasteiger partial charge in [0.1, 0.15) is 0 Å². The second kappa shape index (κ2) is 27.2. The third-order valence-electron chi connectivity index (χ3n) is 8.93. The van der Waals surface area contributed by atoms with Crippen molar-refractivity contribution < 1.29 is 4.79 Å². The lowest BCUT2D eigenvalue weighted by atomic mass is 10.1. The molecule has 0 aromatic rings. The minimum Gasteiger partial charge on any atom is -0.339 e. The molecule has 5 nitrogen and oxygen atoms in total. The number of rotatable bonds is 28. The molecule has 0 aromatic heterocycles. The van der Waals surface area contributed by atoms with Crippen molar-refractivity contribution in [3.8, 4) is 0 Å². The minimum atomic E-state index is 0.352. The molecule has 1 fully saturated rings. The van der Waals surface area contributed by atoms with Gasteiger partial charge in [-0.3, -0.25) is 9.69 Å². The SMILES string of the molecule is CCCCCCCCCN(CCCCCCCC)CCN(CCCCCCCCC)CC(=O)N1CCN(C)CC1. The topological polar surface area (TPSA) is 30.0 Å². The van der Waals surface area contributed by atoms with Gasteiger partial charge in [0.25, 0.3) is 0 Å². The number of piperazine rings is 1. The summed E-state index contributed by atoms with van der Waals surface area (Å²) < 4.78 is 0.